The molecule has 1 amide bonds. The Morgan fingerprint density at radius 1 is 1.23 bits per heavy atom. The highest BCUT2D eigenvalue weighted by molar-refractivity contribution is 5.85. The van der Waals surface area contributed by atoms with Crippen molar-refractivity contribution in [3.05, 3.63) is 53.1 Å². The van der Waals surface area contributed by atoms with E-state index in [1.54, 1.807) is 51.1 Å². The predicted octanol–water partition coefficient (Wildman–Crippen LogP) is 3.46. The summed E-state index contributed by atoms with van der Waals surface area (Å²) in [4.78, 5) is 34.6. The molecule has 0 unspecified atom stereocenters. The van der Waals surface area contributed by atoms with E-state index in [9.17, 15) is 9.59 Å². The normalized spacial score (nSPS) is 11.2. The minimum absolute atomic E-state index is 0.0323. The van der Waals surface area contributed by atoms with E-state index < -0.39 is 11.7 Å². The maximum absolute atomic E-state index is 12.1. The summed E-state index contributed by atoms with van der Waals surface area (Å²) in [6.07, 6.45) is 2.43. The zero-order valence-corrected chi connectivity index (χ0v) is 14.6. The minimum Gasteiger partial charge on any atom is -0.444 e. The van der Waals surface area contributed by atoms with Crippen LogP contribution in [-0.4, -0.2) is 26.6 Å². The lowest BCUT2D eigenvalue weighted by Gasteiger charge is -2.19. The van der Waals surface area contributed by atoms with Crippen LogP contribution in [0.4, 0.5) is 10.5 Å². The molecular weight excluding hydrogens is 336 g/mol. The van der Waals surface area contributed by atoms with Gasteiger partial charge in [0.1, 0.15) is 11.4 Å². The molecule has 0 aliphatic carbocycles. The Hall–Kier alpha value is -3.42. The first-order valence-electron chi connectivity index (χ1n) is 7.92. The van der Waals surface area contributed by atoms with Gasteiger partial charge in [0.2, 0.25) is 0 Å². The molecule has 0 aliphatic heterocycles. The first kappa shape index (κ1) is 17.4. The van der Waals surface area contributed by atoms with Crippen molar-refractivity contribution in [2.45, 2.75) is 26.4 Å². The van der Waals surface area contributed by atoms with Crippen LogP contribution >= 0.6 is 0 Å². The van der Waals surface area contributed by atoms with Gasteiger partial charge in [-0.3, -0.25) is 20.1 Å². The van der Waals surface area contributed by atoms with Crippen molar-refractivity contribution in [2.75, 3.05) is 5.32 Å². The molecule has 8 heteroatoms. The highest BCUT2D eigenvalue weighted by Gasteiger charge is 2.16. The second kappa shape index (κ2) is 6.83. The van der Waals surface area contributed by atoms with Gasteiger partial charge in [0.15, 0.2) is 0 Å². The van der Waals surface area contributed by atoms with Crippen LogP contribution in [-0.2, 0) is 4.74 Å². The molecular formula is C18H18N4O4. The van der Waals surface area contributed by atoms with Crippen molar-refractivity contribution in [1.82, 2.24) is 15.0 Å². The molecule has 1 aromatic carbocycles. The SMILES string of the molecule is CC(C)(C)OC(=O)Nc1cccc(Oc2nc3cnccc3c(=O)[nH]2)c1. The third-order valence-electron chi connectivity index (χ3n) is 3.18. The quantitative estimate of drug-likeness (QED) is 0.746. The molecule has 3 rings (SSSR count). The molecule has 0 bridgehead atoms. The van der Waals surface area contributed by atoms with Crippen molar-refractivity contribution in [3.8, 4) is 11.8 Å². The Kier molecular flexibility index (Phi) is 4.57. The second-order valence-corrected chi connectivity index (χ2v) is 6.52. The number of carbonyl (C=O) groups excluding carboxylic acids is 1. The van der Waals surface area contributed by atoms with Crippen LogP contribution in [0.5, 0.6) is 11.8 Å². The molecule has 3 aromatic rings. The fraction of sp³-hybridized carbons (Fsp3) is 0.222. The van der Waals surface area contributed by atoms with E-state index in [1.165, 1.54) is 12.4 Å². The van der Waals surface area contributed by atoms with Crippen molar-refractivity contribution in [1.29, 1.82) is 0 Å². The van der Waals surface area contributed by atoms with Crippen LogP contribution in [0.3, 0.4) is 0 Å². The molecule has 8 nitrogen and oxygen atoms in total. The van der Waals surface area contributed by atoms with Gasteiger partial charge in [-0.1, -0.05) is 6.07 Å². The van der Waals surface area contributed by atoms with E-state index in [0.29, 0.717) is 22.3 Å². The fourth-order valence-corrected chi connectivity index (χ4v) is 2.19. The maximum Gasteiger partial charge on any atom is 0.412 e. The van der Waals surface area contributed by atoms with Crippen molar-refractivity contribution < 1.29 is 14.3 Å². The van der Waals surface area contributed by atoms with Gasteiger partial charge in [-0.25, -0.2) is 4.79 Å². The lowest BCUT2D eigenvalue weighted by atomic mass is 10.2. The second-order valence-electron chi connectivity index (χ2n) is 6.52. The number of pyridine rings is 1. The van der Waals surface area contributed by atoms with E-state index in [-0.39, 0.29) is 11.6 Å². The summed E-state index contributed by atoms with van der Waals surface area (Å²) >= 11 is 0. The number of aromatic amines is 1. The van der Waals surface area contributed by atoms with Crippen molar-refractivity contribution >= 4 is 22.7 Å². The summed E-state index contributed by atoms with van der Waals surface area (Å²) in [7, 11) is 0. The number of H-pyrrole nitrogens is 1. The third-order valence-corrected chi connectivity index (χ3v) is 3.18. The molecule has 0 saturated carbocycles. The molecule has 0 fully saturated rings. The summed E-state index contributed by atoms with van der Waals surface area (Å²) in [5, 5.41) is 3.05. The third kappa shape index (κ3) is 4.35. The van der Waals surface area contributed by atoms with Crippen molar-refractivity contribution in [2.24, 2.45) is 0 Å². The van der Waals surface area contributed by atoms with Crippen LogP contribution in [0.2, 0.25) is 0 Å². The van der Waals surface area contributed by atoms with E-state index in [1.807, 2.05) is 0 Å². The highest BCUT2D eigenvalue weighted by Crippen LogP contribution is 2.22. The number of rotatable bonds is 3. The van der Waals surface area contributed by atoms with Gasteiger partial charge in [-0.05, 0) is 39.0 Å². The molecule has 0 saturated heterocycles. The Bertz CT molecular complexity index is 1010. The van der Waals surface area contributed by atoms with Gasteiger partial charge in [-0.2, -0.15) is 4.98 Å². The Balaban J connectivity index is 1.79. The Morgan fingerprint density at radius 2 is 2.04 bits per heavy atom. The van der Waals surface area contributed by atoms with Crippen molar-refractivity contribution in [3.63, 3.8) is 0 Å². The number of fused-ring (bicyclic) bond motifs is 1. The smallest absolute Gasteiger partial charge is 0.412 e. The molecule has 2 aromatic heterocycles. The number of ether oxygens (including phenoxy) is 2. The standard InChI is InChI=1S/C18H18N4O4/c1-18(2,3)26-17(24)20-11-5-4-6-12(9-11)25-16-21-14-10-19-8-7-13(14)15(23)22-16/h4-10H,1-3H3,(H,20,24)(H,21,22,23). The molecule has 0 spiro atoms. The van der Waals surface area contributed by atoms with Gasteiger partial charge in [0.25, 0.3) is 5.56 Å². The van der Waals surface area contributed by atoms with E-state index >= 15 is 0 Å². The van der Waals surface area contributed by atoms with Gasteiger partial charge < -0.3 is 9.47 Å². The average molecular weight is 354 g/mol. The number of nitrogens with one attached hydrogen (secondary N) is 2. The van der Waals surface area contributed by atoms with Gasteiger partial charge >= 0.3 is 12.1 Å². The first-order valence-corrected chi connectivity index (χ1v) is 7.92. The number of hydrogen-bond donors (Lipinski definition) is 2. The van der Waals surface area contributed by atoms with E-state index in [0.717, 1.165) is 0 Å². The minimum atomic E-state index is -0.596. The molecule has 0 aliphatic rings. The number of amides is 1. The average Bonchev–Trinajstić information content (AvgIpc) is 2.53. The Labute approximate surface area is 149 Å². The number of carbonyl (C=O) groups is 1. The number of anilines is 1. The van der Waals surface area contributed by atoms with Gasteiger partial charge in [0.05, 0.1) is 17.1 Å². The summed E-state index contributed by atoms with van der Waals surface area (Å²) < 4.78 is 10.8. The summed E-state index contributed by atoms with van der Waals surface area (Å²) in [5.41, 5.74) is -0.00736. The van der Waals surface area contributed by atoms with E-state index in [2.05, 4.69) is 20.3 Å². The molecule has 26 heavy (non-hydrogen) atoms. The largest absolute Gasteiger partial charge is 0.444 e. The van der Waals surface area contributed by atoms with Gasteiger partial charge in [-0.15, -0.1) is 0 Å². The fourth-order valence-electron chi connectivity index (χ4n) is 2.19. The summed E-state index contributed by atoms with van der Waals surface area (Å²) in [6, 6.07) is 8.27. The summed E-state index contributed by atoms with van der Waals surface area (Å²) in [6.45, 7) is 5.34. The Morgan fingerprint density at radius 3 is 2.81 bits per heavy atom. The molecule has 0 radical (unpaired) electrons. The number of benzene rings is 1. The number of hydrogen-bond acceptors (Lipinski definition) is 6. The first-order chi connectivity index (χ1) is 12.3. The van der Waals surface area contributed by atoms with Crippen LogP contribution < -0.4 is 15.6 Å². The lowest BCUT2D eigenvalue weighted by Crippen LogP contribution is -2.27. The van der Waals surface area contributed by atoms with Crippen LogP contribution in [0.1, 0.15) is 20.8 Å². The van der Waals surface area contributed by atoms with Gasteiger partial charge in [0, 0.05) is 18.0 Å². The number of nitrogens with zero attached hydrogens (tertiary/aromatic N) is 2. The van der Waals surface area contributed by atoms with Crippen LogP contribution in [0.25, 0.3) is 10.9 Å². The molecule has 2 N–H and O–H groups in total. The number of aromatic nitrogens is 3. The molecule has 0 atom stereocenters. The summed E-state index contributed by atoms with van der Waals surface area (Å²) in [5.74, 6) is 0.393. The molecule has 2 heterocycles. The lowest BCUT2D eigenvalue weighted by molar-refractivity contribution is 0.0636. The predicted molar refractivity (Wildman–Crippen MR) is 96.5 cm³/mol. The topological polar surface area (TPSA) is 106 Å². The zero-order chi connectivity index (χ0) is 18.7. The highest BCUT2D eigenvalue weighted by atomic mass is 16.6. The monoisotopic (exact) mass is 354 g/mol. The van der Waals surface area contributed by atoms with Crippen LogP contribution in [0.15, 0.2) is 47.5 Å². The maximum atomic E-state index is 12.1. The zero-order valence-electron chi connectivity index (χ0n) is 14.6. The van der Waals surface area contributed by atoms with Crippen LogP contribution in [0, 0.1) is 0 Å². The van der Waals surface area contributed by atoms with E-state index in [4.69, 9.17) is 9.47 Å². The molecule has 134 valence electrons.